The van der Waals surface area contributed by atoms with Crippen molar-refractivity contribution in [2.45, 2.75) is 67.6 Å². The lowest BCUT2D eigenvalue weighted by atomic mass is 9.98. The van der Waals surface area contributed by atoms with Gasteiger partial charge in [0.2, 0.25) is 10.0 Å². The number of methoxy groups -OCH3 is 1. The number of amides is 1. The van der Waals surface area contributed by atoms with Gasteiger partial charge in [0.25, 0.3) is 5.91 Å². The molecule has 3 fully saturated rings. The summed E-state index contributed by atoms with van der Waals surface area (Å²) in [7, 11) is -0.457. The Morgan fingerprint density at radius 1 is 1.18 bits per heavy atom. The number of rotatable bonds is 6. The largest absolute Gasteiger partial charge is 0.495 e. The second-order valence-corrected chi connectivity index (χ2v) is 9.62. The second kappa shape index (κ2) is 8.18. The molecule has 2 N–H and O–H groups in total. The molecule has 2 bridgehead atoms. The van der Waals surface area contributed by atoms with E-state index in [1.54, 1.807) is 17.0 Å². The van der Waals surface area contributed by atoms with Crippen LogP contribution in [0.1, 0.15) is 48.9 Å². The Bertz CT molecular complexity index is 832. The van der Waals surface area contributed by atoms with Gasteiger partial charge >= 0.3 is 0 Å². The van der Waals surface area contributed by atoms with E-state index in [1.165, 1.54) is 26.0 Å². The molecule has 0 spiro atoms. The normalized spacial score (nSPS) is 26.4. The second-order valence-electron chi connectivity index (χ2n) is 7.94. The van der Waals surface area contributed by atoms with E-state index in [4.69, 9.17) is 4.74 Å². The number of ether oxygens (including phenoxy) is 1. The summed E-state index contributed by atoms with van der Waals surface area (Å²) in [6.45, 7) is 0. The van der Waals surface area contributed by atoms with Gasteiger partial charge in [-0.2, -0.15) is 0 Å². The van der Waals surface area contributed by atoms with Crippen LogP contribution in [0.5, 0.6) is 5.75 Å². The molecule has 1 aliphatic carbocycles. The highest BCUT2D eigenvalue weighted by atomic mass is 35.5. The fraction of sp³-hybridized carbons (Fsp3) is 0.632. The third-order valence-electron chi connectivity index (χ3n) is 5.92. The van der Waals surface area contributed by atoms with Crippen LogP contribution < -0.4 is 14.8 Å². The van der Waals surface area contributed by atoms with Gasteiger partial charge in [0.15, 0.2) is 0 Å². The maximum atomic E-state index is 13.0. The van der Waals surface area contributed by atoms with E-state index in [0.717, 1.165) is 25.7 Å². The molecule has 7 nitrogen and oxygen atoms in total. The summed E-state index contributed by atoms with van der Waals surface area (Å²) in [5.41, 5.74) is 0.375. The van der Waals surface area contributed by atoms with Crippen molar-refractivity contribution in [1.29, 1.82) is 0 Å². The third-order valence-corrected chi connectivity index (χ3v) is 7.46. The third kappa shape index (κ3) is 4.30. The van der Waals surface area contributed by atoms with Gasteiger partial charge in [-0.1, -0.05) is 0 Å². The lowest BCUT2D eigenvalue weighted by Gasteiger charge is -2.35. The first-order chi connectivity index (χ1) is 12.9. The van der Waals surface area contributed by atoms with Crippen molar-refractivity contribution in [2.75, 3.05) is 14.2 Å². The number of piperidine rings is 1. The molecule has 2 aliphatic heterocycles. The van der Waals surface area contributed by atoms with Crippen LogP contribution in [-0.2, 0) is 10.0 Å². The number of hydrogen-bond acceptors (Lipinski definition) is 5. The molecular formula is C19H28ClN3O4S. The molecule has 1 aromatic rings. The Kier molecular flexibility index (Phi) is 6.24. The summed E-state index contributed by atoms with van der Waals surface area (Å²) in [5.74, 6) is 0.106. The summed E-state index contributed by atoms with van der Waals surface area (Å²) in [6.07, 6.45) is 5.93. The maximum Gasteiger partial charge on any atom is 0.253 e. The average Bonchev–Trinajstić information content (AvgIpc) is 3.41. The first-order valence-electron chi connectivity index (χ1n) is 9.61. The van der Waals surface area contributed by atoms with Crippen LogP contribution in [0.3, 0.4) is 0 Å². The molecule has 2 unspecified atom stereocenters. The lowest BCUT2D eigenvalue weighted by molar-refractivity contribution is 0.0681. The monoisotopic (exact) mass is 429 g/mol. The molecule has 156 valence electrons. The fourth-order valence-electron chi connectivity index (χ4n) is 4.22. The number of benzene rings is 1. The van der Waals surface area contributed by atoms with Gasteiger partial charge in [-0.25, -0.2) is 13.1 Å². The van der Waals surface area contributed by atoms with Crippen LogP contribution in [0.25, 0.3) is 0 Å². The molecule has 1 saturated carbocycles. The molecular weight excluding hydrogens is 402 g/mol. The standard InChI is InChI=1S/C19H27N3O4S.ClH/c1-22(16-10-14-6-7-15(11-16)20-14)19(23)12-3-8-17(26-2)18(9-12)27(24,25)21-13-4-5-13;/h3,8-9,13-16,20-21H,4-7,10-11H2,1-2H3;1H. The van der Waals surface area contributed by atoms with Crippen molar-refractivity contribution in [1.82, 2.24) is 14.9 Å². The van der Waals surface area contributed by atoms with Crippen molar-refractivity contribution < 1.29 is 17.9 Å². The number of fused-ring (bicyclic) bond motifs is 2. The zero-order valence-electron chi connectivity index (χ0n) is 16.2. The van der Waals surface area contributed by atoms with Crippen LogP contribution in [0.4, 0.5) is 0 Å². The van der Waals surface area contributed by atoms with Gasteiger partial charge in [-0.05, 0) is 56.7 Å². The molecule has 0 aromatic heterocycles. The first kappa shape index (κ1) is 21.4. The molecule has 1 amide bonds. The van der Waals surface area contributed by atoms with E-state index in [9.17, 15) is 13.2 Å². The highest BCUT2D eigenvalue weighted by Gasteiger charge is 2.37. The minimum absolute atomic E-state index is 0. The van der Waals surface area contributed by atoms with Gasteiger partial charge in [-0.3, -0.25) is 4.79 Å². The van der Waals surface area contributed by atoms with Gasteiger partial charge < -0.3 is 15.0 Å². The molecule has 9 heteroatoms. The Morgan fingerprint density at radius 2 is 1.82 bits per heavy atom. The highest BCUT2D eigenvalue weighted by Crippen LogP contribution is 2.31. The number of sulfonamides is 1. The predicted molar refractivity (Wildman–Crippen MR) is 109 cm³/mol. The van der Waals surface area contributed by atoms with Crippen molar-refractivity contribution in [3.63, 3.8) is 0 Å². The van der Waals surface area contributed by atoms with Crippen LogP contribution in [0.2, 0.25) is 0 Å². The van der Waals surface area contributed by atoms with E-state index in [-0.39, 0.29) is 41.0 Å². The number of hydrogen-bond donors (Lipinski definition) is 2. The number of nitrogens with zero attached hydrogens (tertiary/aromatic N) is 1. The molecule has 28 heavy (non-hydrogen) atoms. The highest BCUT2D eigenvalue weighted by molar-refractivity contribution is 7.89. The molecule has 2 saturated heterocycles. The SMILES string of the molecule is COc1ccc(C(=O)N(C)C2CC3CCC(C2)N3)cc1S(=O)(=O)NC1CC1.Cl. The smallest absolute Gasteiger partial charge is 0.253 e. The van der Waals surface area contributed by atoms with Crippen molar-refractivity contribution in [3.8, 4) is 5.75 Å². The Labute approximate surface area is 172 Å². The Hall–Kier alpha value is -1.35. The Balaban J connectivity index is 0.00000225. The Morgan fingerprint density at radius 3 is 2.39 bits per heavy atom. The predicted octanol–water partition coefficient (Wildman–Crippen LogP) is 1.91. The zero-order valence-corrected chi connectivity index (χ0v) is 17.8. The van der Waals surface area contributed by atoms with E-state index in [2.05, 4.69) is 10.0 Å². The maximum absolute atomic E-state index is 13.0. The van der Waals surface area contributed by atoms with E-state index < -0.39 is 10.0 Å². The van der Waals surface area contributed by atoms with Crippen LogP contribution >= 0.6 is 12.4 Å². The van der Waals surface area contributed by atoms with Crippen LogP contribution in [-0.4, -0.2) is 57.5 Å². The van der Waals surface area contributed by atoms with Gasteiger partial charge in [0.1, 0.15) is 10.6 Å². The van der Waals surface area contributed by atoms with Crippen molar-refractivity contribution in [2.24, 2.45) is 0 Å². The minimum Gasteiger partial charge on any atom is -0.495 e. The molecule has 3 aliphatic rings. The topological polar surface area (TPSA) is 87.7 Å². The molecule has 4 rings (SSSR count). The average molecular weight is 430 g/mol. The van der Waals surface area contributed by atoms with E-state index >= 15 is 0 Å². The van der Waals surface area contributed by atoms with Crippen LogP contribution in [0.15, 0.2) is 23.1 Å². The van der Waals surface area contributed by atoms with Crippen molar-refractivity contribution >= 4 is 28.3 Å². The molecule has 2 atom stereocenters. The summed E-state index contributed by atoms with van der Waals surface area (Å²) in [6, 6.07) is 5.79. The number of halogens is 1. The number of carbonyl (C=O) groups is 1. The van der Waals surface area contributed by atoms with Gasteiger partial charge in [0, 0.05) is 36.8 Å². The van der Waals surface area contributed by atoms with Gasteiger partial charge in [0.05, 0.1) is 7.11 Å². The molecule has 2 heterocycles. The van der Waals surface area contributed by atoms with Crippen LogP contribution in [0, 0.1) is 0 Å². The fourth-order valence-corrected chi connectivity index (χ4v) is 5.72. The summed E-state index contributed by atoms with van der Waals surface area (Å²) < 4.78 is 33.2. The van der Waals surface area contributed by atoms with E-state index in [1.807, 2.05) is 7.05 Å². The minimum atomic E-state index is -3.71. The number of carbonyl (C=O) groups excluding carboxylic acids is 1. The lowest BCUT2D eigenvalue weighted by Crippen LogP contribution is -2.48. The zero-order chi connectivity index (χ0) is 19.2. The summed E-state index contributed by atoms with van der Waals surface area (Å²) in [5, 5.41) is 3.58. The first-order valence-corrected chi connectivity index (χ1v) is 11.1. The molecule has 0 radical (unpaired) electrons. The van der Waals surface area contributed by atoms with Crippen molar-refractivity contribution in [3.05, 3.63) is 23.8 Å². The summed E-state index contributed by atoms with van der Waals surface area (Å²) >= 11 is 0. The van der Waals surface area contributed by atoms with Gasteiger partial charge in [-0.15, -0.1) is 12.4 Å². The summed E-state index contributed by atoms with van der Waals surface area (Å²) in [4.78, 5) is 14.8. The number of nitrogens with one attached hydrogen (secondary N) is 2. The quantitative estimate of drug-likeness (QED) is 0.721. The van der Waals surface area contributed by atoms with E-state index in [0.29, 0.717) is 17.6 Å². The molecule has 1 aromatic carbocycles.